The molecule has 1 heterocycles. The summed E-state index contributed by atoms with van der Waals surface area (Å²) in [7, 11) is 0. The standard InChI is InChI=1S/C13H12O2S2/c14-13(15)11-5-1-2-6-12(11)17-9-7-10-4-3-8-16-10/h1-6,8H,7,9H2,(H,14,15). The van der Waals surface area contributed by atoms with Crippen molar-refractivity contribution < 1.29 is 9.90 Å². The summed E-state index contributed by atoms with van der Waals surface area (Å²) < 4.78 is 0. The van der Waals surface area contributed by atoms with Gasteiger partial charge in [-0.05, 0) is 30.0 Å². The number of benzene rings is 1. The van der Waals surface area contributed by atoms with Crippen molar-refractivity contribution >= 4 is 29.1 Å². The normalized spacial score (nSPS) is 10.4. The summed E-state index contributed by atoms with van der Waals surface area (Å²) in [6.45, 7) is 0. The number of hydrogen-bond donors (Lipinski definition) is 1. The highest BCUT2D eigenvalue weighted by atomic mass is 32.2. The number of carboxylic acid groups (broad SMARTS) is 1. The number of carboxylic acids is 1. The van der Waals surface area contributed by atoms with Gasteiger partial charge in [-0.15, -0.1) is 23.1 Å². The van der Waals surface area contributed by atoms with Gasteiger partial charge in [0, 0.05) is 15.5 Å². The molecular weight excluding hydrogens is 252 g/mol. The first-order valence-electron chi connectivity index (χ1n) is 5.25. The summed E-state index contributed by atoms with van der Waals surface area (Å²) in [5.41, 5.74) is 0.392. The van der Waals surface area contributed by atoms with Gasteiger partial charge in [-0.25, -0.2) is 4.79 Å². The molecule has 0 atom stereocenters. The van der Waals surface area contributed by atoms with Crippen molar-refractivity contribution in [2.24, 2.45) is 0 Å². The summed E-state index contributed by atoms with van der Waals surface area (Å²) >= 11 is 3.34. The third-order valence-corrected chi connectivity index (χ3v) is 4.32. The van der Waals surface area contributed by atoms with E-state index in [0.29, 0.717) is 5.56 Å². The number of thiophene rings is 1. The quantitative estimate of drug-likeness (QED) is 0.835. The Morgan fingerprint density at radius 3 is 2.76 bits per heavy atom. The Morgan fingerprint density at radius 2 is 2.06 bits per heavy atom. The number of carbonyl (C=O) groups is 1. The van der Waals surface area contributed by atoms with E-state index >= 15 is 0 Å². The van der Waals surface area contributed by atoms with Crippen LogP contribution >= 0.6 is 23.1 Å². The fourth-order valence-electron chi connectivity index (χ4n) is 1.49. The first-order valence-corrected chi connectivity index (χ1v) is 7.11. The lowest BCUT2D eigenvalue weighted by Crippen LogP contribution is -1.98. The molecule has 0 saturated carbocycles. The molecule has 1 aromatic carbocycles. The molecule has 1 N–H and O–H groups in total. The Labute approximate surface area is 108 Å². The molecule has 0 saturated heterocycles. The van der Waals surface area contributed by atoms with Crippen LogP contribution in [0.4, 0.5) is 0 Å². The predicted molar refractivity (Wildman–Crippen MR) is 72.1 cm³/mol. The largest absolute Gasteiger partial charge is 0.478 e. The van der Waals surface area contributed by atoms with Crippen LogP contribution in [-0.4, -0.2) is 16.8 Å². The molecule has 0 unspecified atom stereocenters. The van der Waals surface area contributed by atoms with Crippen LogP contribution in [0.5, 0.6) is 0 Å². The van der Waals surface area contributed by atoms with Crippen molar-refractivity contribution in [3.63, 3.8) is 0 Å². The zero-order chi connectivity index (χ0) is 12.1. The molecule has 0 aliphatic rings. The molecule has 2 aromatic rings. The minimum absolute atomic E-state index is 0.392. The van der Waals surface area contributed by atoms with Crippen molar-refractivity contribution in [3.8, 4) is 0 Å². The maximum Gasteiger partial charge on any atom is 0.336 e. The van der Waals surface area contributed by atoms with E-state index in [0.717, 1.165) is 17.1 Å². The first kappa shape index (κ1) is 12.2. The molecule has 0 fully saturated rings. The molecule has 17 heavy (non-hydrogen) atoms. The average molecular weight is 264 g/mol. The smallest absolute Gasteiger partial charge is 0.336 e. The highest BCUT2D eigenvalue weighted by Crippen LogP contribution is 2.24. The maximum absolute atomic E-state index is 11.0. The lowest BCUT2D eigenvalue weighted by atomic mass is 10.2. The van der Waals surface area contributed by atoms with Crippen LogP contribution in [0, 0.1) is 0 Å². The van der Waals surface area contributed by atoms with Gasteiger partial charge in [-0.1, -0.05) is 18.2 Å². The Morgan fingerprint density at radius 1 is 1.24 bits per heavy atom. The summed E-state index contributed by atoms with van der Waals surface area (Å²) in [4.78, 5) is 13.2. The molecule has 0 aliphatic carbocycles. The number of aromatic carboxylic acids is 1. The van der Waals surface area contributed by atoms with E-state index in [-0.39, 0.29) is 0 Å². The second-order valence-electron chi connectivity index (χ2n) is 3.48. The number of hydrogen-bond acceptors (Lipinski definition) is 3. The topological polar surface area (TPSA) is 37.3 Å². The molecule has 0 aliphatic heterocycles. The molecule has 0 radical (unpaired) electrons. The van der Waals surface area contributed by atoms with Crippen LogP contribution in [0.25, 0.3) is 0 Å². The molecule has 1 aromatic heterocycles. The molecule has 88 valence electrons. The first-order chi connectivity index (χ1) is 8.27. The minimum Gasteiger partial charge on any atom is -0.478 e. The van der Waals surface area contributed by atoms with Gasteiger partial charge in [0.1, 0.15) is 0 Å². The van der Waals surface area contributed by atoms with E-state index in [9.17, 15) is 4.79 Å². The second kappa shape index (κ2) is 5.89. The van der Waals surface area contributed by atoms with Crippen molar-refractivity contribution in [2.45, 2.75) is 11.3 Å². The summed E-state index contributed by atoms with van der Waals surface area (Å²) in [5, 5.41) is 11.1. The Kier molecular flexibility index (Phi) is 4.23. The monoisotopic (exact) mass is 264 g/mol. The zero-order valence-electron chi connectivity index (χ0n) is 9.13. The molecule has 2 nitrogen and oxygen atoms in total. The van der Waals surface area contributed by atoms with E-state index in [1.807, 2.05) is 18.2 Å². The Hall–Kier alpha value is -1.26. The van der Waals surface area contributed by atoms with Crippen LogP contribution in [0.3, 0.4) is 0 Å². The molecule has 0 spiro atoms. The molecule has 2 rings (SSSR count). The van der Waals surface area contributed by atoms with Crippen LogP contribution in [-0.2, 0) is 6.42 Å². The molecule has 4 heteroatoms. The molecular formula is C13H12O2S2. The van der Waals surface area contributed by atoms with Crippen molar-refractivity contribution in [1.29, 1.82) is 0 Å². The van der Waals surface area contributed by atoms with Crippen LogP contribution < -0.4 is 0 Å². The number of thioether (sulfide) groups is 1. The fraction of sp³-hybridized carbons (Fsp3) is 0.154. The van der Waals surface area contributed by atoms with Crippen LogP contribution in [0.2, 0.25) is 0 Å². The van der Waals surface area contributed by atoms with Crippen LogP contribution in [0.15, 0.2) is 46.7 Å². The molecule has 0 bridgehead atoms. The Balaban J connectivity index is 1.97. The van der Waals surface area contributed by atoms with E-state index in [1.165, 1.54) is 4.88 Å². The lowest BCUT2D eigenvalue weighted by molar-refractivity contribution is 0.0693. The van der Waals surface area contributed by atoms with Crippen LogP contribution in [0.1, 0.15) is 15.2 Å². The van der Waals surface area contributed by atoms with Gasteiger partial charge < -0.3 is 5.11 Å². The van der Waals surface area contributed by atoms with E-state index in [1.54, 1.807) is 35.2 Å². The van der Waals surface area contributed by atoms with Gasteiger partial charge in [0.05, 0.1) is 5.56 Å². The summed E-state index contributed by atoms with van der Waals surface area (Å²) in [6, 6.07) is 11.3. The number of aryl methyl sites for hydroxylation is 1. The zero-order valence-corrected chi connectivity index (χ0v) is 10.8. The highest BCUT2D eigenvalue weighted by molar-refractivity contribution is 7.99. The number of rotatable bonds is 5. The summed E-state index contributed by atoms with van der Waals surface area (Å²) in [5.74, 6) is 0.0503. The van der Waals surface area contributed by atoms with Crippen molar-refractivity contribution in [3.05, 3.63) is 52.2 Å². The van der Waals surface area contributed by atoms with Gasteiger partial charge in [-0.2, -0.15) is 0 Å². The van der Waals surface area contributed by atoms with Gasteiger partial charge in [0.15, 0.2) is 0 Å². The SMILES string of the molecule is O=C(O)c1ccccc1SCCc1cccs1. The predicted octanol–water partition coefficient (Wildman–Crippen LogP) is 3.78. The van der Waals surface area contributed by atoms with Gasteiger partial charge >= 0.3 is 5.97 Å². The van der Waals surface area contributed by atoms with E-state index in [4.69, 9.17) is 5.11 Å². The van der Waals surface area contributed by atoms with E-state index in [2.05, 4.69) is 11.4 Å². The summed E-state index contributed by atoms with van der Waals surface area (Å²) in [6.07, 6.45) is 0.982. The molecule has 0 amide bonds. The van der Waals surface area contributed by atoms with Gasteiger partial charge in [0.25, 0.3) is 0 Å². The van der Waals surface area contributed by atoms with Crippen molar-refractivity contribution in [1.82, 2.24) is 0 Å². The lowest BCUT2D eigenvalue weighted by Gasteiger charge is -2.04. The maximum atomic E-state index is 11.0. The average Bonchev–Trinajstić information content (AvgIpc) is 2.82. The third kappa shape index (κ3) is 3.35. The second-order valence-corrected chi connectivity index (χ2v) is 5.65. The van der Waals surface area contributed by atoms with E-state index < -0.39 is 5.97 Å². The fourth-order valence-corrected chi connectivity index (χ4v) is 3.35. The van der Waals surface area contributed by atoms with Gasteiger partial charge in [0.2, 0.25) is 0 Å². The van der Waals surface area contributed by atoms with Crippen molar-refractivity contribution in [2.75, 3.05) is 5.75 Å². The third-order valence-electron chi connectivity index (χ3n) is 2.30. The Bertz CT molecular complexity index is 492. The highest BCUT2D eigenvalue weighted by Gasteiger charge is 2.08. The van der Waals surface area contributed by atoms with Gasteiger partial charge in [-0.3, -0.25) is 0 Å². The minimum atomic E-state index is -0.857.